The number of rotatable bonds is 12. The van der Waals surface area contributed by atoms with Crippen LogP contribution in [0.25, 0.3) is 0 Å². The average molecular weight is 517 g/mol. The molecule has 0 aliphatic heterocycles. The first kappa shape index (κ1) is 23.1. The molecule has 0 fully saturated rings. The van der Waals surface area contributed by atoms with Crippen molar-refractivity contribution in [3.8, 4) is 0 Å². The smallest absolute Gasteiger partial charge is 0.283 e. The Bertz CT molecular complexity index is 617. The Morgan fingerprint density at radius 2 is 2.04 bits per heavy atom. The molecule has 0 saturated heterocycles. The number of carbonyl (C=O) groups is 1. The highest BCUT2D eigenvalue weighted by molar-refractivity contribution is 9.09. The van der Waals surface area contributed by atoms with E-state index in [-0.39, 0.29) is 24.4 Å². The first-order valence-corrected chi connectivity index (χ1v) is 10.4. The third-order valence-corrected chi connectivity index (χ3v) is 4.58. The maximum Gasteiger partial charge on any atom is 0.283 e. The molecule has 1 amide bonds. The van der Waals surface area contributed by atoms with Crippen molar-refractivity contribution in [3.05, 3.63) is 27.8 Å². The van der Waals surface area contributed by atoms with Gasteiger partial charge in [-0.2, -0.15) is 4.33 Å². The van der Waals surface area contributed by atoms with Gasteiger partial charge in [0.25, 0.3) is 11.6 Å². The summed E-state index contributed by atoms with van der Waals surface area (Å²) in [4.78, 5) is 30.1. The first-order chi connectivity index (χ1) is 12.5. The molecule has 12 heteroatoms. The fourth-order valence-electron chi connectivity index (χ4n) is 2.10. The van der Waals surface area contributed by atoms with E-state index in [2.05, 4.69) is 42.1 Å². The van der Waals surface area contributed by atoms with Gasteiger partial charge in [0.05, 0.1) is 41.3 Å². The number of nitro benzene ring substituents is 1. The zero-order valence-electron chi connectivity index (χ0n) is 13.9. The molecule has 0 atom stereocenters. The monoisotopic (exact) mass is 515 g/mol. The predicted molar refractivity (Wildman–Crippen MR) is 106 cm³/mol. The van der Waals surface area contributed by atoms with Gasteiger partial charge in [0.15, 0.2) is 0 Å². The van der Waals surface area contributed by atoms with Crippen molar-refractivity contribution < 1.29 is 24.0 Å². The number of nitro groups is 1. The van der Waals surface area contributed by atoms with Crippen molar-refractivity contribution in [1.29, 1.82) is 0 Å². The molecule has 0 saturated carbocycles. The summed E-state index contributed by atoms with van der Waals surface area (Å²) in [6, 6.07) is 2.74. The number of hydrogen-bond acceptors (Lipinski definition) is 8. The van der Waals surface area contributed by atoms with Gasteiger partial charge in [-0.05, 0) is 6.07 Å². The van der Waals surface area contributed by atoms with Gasteiger partial charge in [0, 0.05) is 36.4 Å². The molecule has 9 nitrogen and oxygen atoms in total. The lowest BCUT2D eigenvalue weighted by Crippen LogP contribution is -2.30. The number of nitrogens with zero attached hydrogens (tertiary/aromatic N) is 2. The van der Waals surface area contributed by atoms with Gasteiger partial charge < -0.3 is 15.3 Å². The molecule has 1 aromatic carbocycles. The second kappa shape index (κ2) is 12.5. The van der Waals surface area contributed by atoms with Crippen LogP contribution in [0.15, 0.2) is 17.0 Å². The van der Waals surface area contributed by atoms with E-state index in [4.69, 9.17) is 9.44 Å². The zero-order valence-corrected chi connectivity index (χ0v) is 17.9. The van der Waals surface area contributed by atoms with E-state index in [1.165, 1.54) is 19.2 Å². The number of carbonyl (C=O) groups excluding carboxylic acids is 1. The number of halogens is 2. The summed E-state index contributed by atoms with van der Waals surface area (Å²) in [6.07, 6.45) is 0. The number of aliphatic hydroxyl groups excluding tert-OH is 1. The van der Waals surface area contributed by atoms with Gasteiger partial charge in [-0.3, -0.25) is 14.9 Å². The fraction of sp³-hybridized carbons (Fsp3) is 0.500. The Morgan fingerprint density at radius 1 is 1.38 bits per heavy atom. The van der Waals surface area contributed by atoms with Gasteiger partial charge in [-0.25, -0.2) is 4.89 Å². The number of aliphatic hydroxyl groups is 1. The van der Waals surface area contributed by atoms with E-state index in [1.807, 2.05) is 4.90 Å². The van der Waals surface area contributed by atoms with Crippen molar-refractivity contribution >= 4 is 61.2 Å². The minimum Gasteiger partial charge on any atom is -0.395 e. The molecule has 0 aliphatic carbocycles. The highest BCUT2D eigenvalue weighted by Crippen LogP contribution is 2.37. The molecule has 146 valence electrons. The Balaban J connectivity index is 3.45. The van der Waals surface area contributed by atoms with Crippen LogP contribution in [0.5, 0.6) is 0 Å². The summed E-state index contributed by atoms with van der Waals surface area (Å²) in [7, 11) is 1.33. The van der Waals surface area contributed by atoms with E-state index in [1.54, 1.807) is 0 Å². The Kier molecular flexibility index (Phi) is 11.1. The van der Waals surface area contributed by atoms with Crippen molar-refractivity contribution in [2.24, 2.45) is 0 Å². The summed E-state index contributed by atoms with van der Waals surface area (Å²) >= 11 is 7.58. The lowest BCUT2D eigenvalue weighted by Gasteiger charge is -2.25. The molecule has 0 aliphatic rings. The number of amides is 1. The molecule has 1 rings (SSSR count). The van der Waals surface area contributed by atoms with Gasteiger partial charge in [0.2, 0.25) is 0 Å². The first-order valence-electron chi connectivity index (χ1n) is 7.45. The maximum atomic E-state index is 12.3. The highest BCUT2D eigenvalue weighted by Gasteiger charge is 2.26. The summed E-state index contributed by atoms with van der Waals surface area (Å²) in [5, 5.41) is 24.1. The molecule has 1 aromatic rings. The lowest BCUT2D eigenvalue weighted by molar-refractivity contribution is -0.385. The van der Waals surface area contributed by atoms with Gasteiger partial charge in [-0.15, -0.1) is 0 Å². The number of nitrogens with one attached hydrogen (secondary N) is 1. The highest BCUT2D eigenvalue weighted by atomic mass is 79.9. The Labute approximate surface area is 171 Å². The van der Waals surface area contributed by atoms with E-state index in [0.717, 1.165) is 12.0 Å². The SMILES string of the molecule is COOSc1cc([N+](=O)[O-])c(C(=O)NCCO)cc1N(CCBr)CCBr. The Morgan fingerprint density at radius 3 is 2.54 bits per heavy atom. The molecule has 0 bridgehead atoms. The number of hydrogen-bond donors (Lipinski definition) is 2. The van der Waals surface area contributed by atoms with Crippen molar-refractivity contribution in [2.45, 2.75) is 4.90 Å². The van der Waals surface area contributed by atoms with Crippen LogP contribution in [0.4, 0.5) is 11.4 Å². The molecule has 0 spiro atoms. The number of benzene rings is 1. The third kappa shape index (κ3) is 6.67. The van der Waals surface area contributed by atoms with Crippen LogP contribution in [-0.2, 0) is 9.22 Å². The summed E-state index contributed by atoms with van der Waals surface area (Å²) in [5.74, 6) is -0.631. The van der Waals surface area contributed by atoms with Gasteiger partial charge >= 0.3 is 0 Å². The molecular weight excluding hydrogens is 498 g/mol. The molecule has 2 N–H and O–H groups in total. The molecule has 0 radical (unpaired) electrons. The normalized spacial score (nSPS) is 10.6. The second-order valence-electron chi connectivity index (χ2n) is 4.76. The Hall–Kier alpha value is -0.920. The van der Waals surface area contributed by atoms with Crippen LogP contribution in [0, 0.1) is 10.1 Å². The molecule has 26 heavy (non-hydrogen) atoms. The van der Waals surface area contributed by atoms with E-state index < -0.39 is 10.8 Å². The van der Waals surface area contributed by atoms with Crippen molar-refractivity contribution in [3.63, 3.8) is 0 Å². The average Bonchev–Trinajstić information content (AvgIpc) is 2.63. The lowest BCUT2D eigenvalue weighted by atomic mass is 10.1. The van der Waals surface area contributed by atoms with Crippen LogP contribution in [-0.4, -0.2) is 59.9 Å². The minimum absolute atomic E-state index is 0.00111. The van der Waals surface area contributed by atoms with Gasteiger partial charge in [-0.1, -0.05) is 31.9 Å². The summed E-state index contributed by atoms with van der Waals surface area (Å²) < 4.78 is 4.88. The van der Waals surface area contributed by atoms with E-state index in [0.29, 0.717) is 34.3 Å². The van der Waals surface area contributed by atoms with Crippen molar-refractivity contribution in [2.75, 3.05) is 48.9 Å². The minimum atomic E-state index is -0.631. The van der Waals surface area contributed by atoms with Crippen LogP contribution in [0.3, 0.4) is 0 Å². The van der Waals surface area contributed by atoms with Gasteiger partial charge in [0.1, 0.15) is 5.56 Å². The van der Waals surface area contributed by atoms with Crippen LogP contribution >= 0.6 is 43.9 Å². The predicted octanol–water partition coefficient (Wildman–Crippen LogP) is 2.50. The molecule has 0 unspecified atom stereocenters. The van der Waals surface area contributed by atoms with Crippen LogP contribution in [0.1, 0.15) is 10.4 Å². The van der Waals surface area contributed by atoms with Crippen LogP contribution < -0.4 is 10.2 Å². The zero-order chi connectivity index (χ0) is 19.5. The number of alkyl halides is 2. The van der Waals surface area contributed by atoms with Crippen LogP contribution in [0.2, 0.25) is 0 Å². The molecule has 0 aromatic heterocycles. The maximum absolute atomic E-state index is 12.3. The van der Waals surface area contributed by atoms with Crippen molar-refractivity contribution in [1.82, 2.24) is 5.32 Å². The topological polar surface area (TPSA) is 114 Å². The molecular formula is C14H19Br2N3O6S. The summed E-state index contributed by atoms with van der Waals surface area (Å²) in [5.41, 5.74) is 0.157. The number of anilines is 1. The molecule has 0 heterocycles. The second-order valence-corrected chi connectivity index (χ2v) is 7.09. The summed E-state index contributed by atoms with van der Waals surface area (Å²) in [6.45, 7) is 0.964. The van der Waals surface area contributed by atoms with E-state index in [9.17, 15) is 14.9 Å². The standard InChI is InChI=1S/C14H19Br2N3O6S/c1-24-25-26-13-9-11(19(22)23)10(14(21)17-4-7-20)8-12(13)18(5-2-15)6-3-16/h8-9,20H,2-7H2,1H3,(H,17,21). The fourth-order valence-corrected chi connectivity index (χ4v) is 3.53. The quantitative estimate of drug-likeness (QED) is 0.143. The largest absolute Gasteiger partial charge is 0.395 e. The third-order valence-electron chi connectivity index (χ3n) is 3.16. The van der Waals surface area contributed by atoms with E-state index >= 15 is 0 Å².